The topological polar surface area (TPSA) is 41.6 Å². The number of thioether (sulfide) groups is 1. The first-order chi connectivity index (χ1) is 12.3. The molecule has 1 amide bonds. The van der Waals surface area contributed by atoms with Crippen molar-refractivity contribution in [2.75, 3.05) is 35.7 Å². The number of para-hydroxylation sites is 2. The predicted molar refractivity (Wildman–Crippen MR) is 105 cm³/mol. The third-order valence-electron chi connectivity index (χ3n) is 4.13. The average molecular weight is 356 g/mol. The summed E-state index contributed by atoms with van der Waals surface area (Å²) in [5.41, 5.74) is 2.03. The zero-order chi connectivity index (χ0) is 17.5. The van der Waals surface area contributed by atoms with E-state index in [1.165, 1.54) is 24.6 Å². The zero-order valence-electron chi connectivity index (χ0n) is 14.5. The van der Waals surface area contributed by atoms with E-state index in [9.17, 15) is 4.79 Å². The van der Waals surface area contributed by atoms with Crippen molar-refractivity contribution in [1.82, 2.24) is 0 Å². The minimum atomic E-state index is 0.0190. The van der Waals surface area contributed by atoms with Crippen LogP contribution in [0.4, 0.5) is 11.4 Å². The number of ether oxygens (including phenoxy) is 1. The second-order valence-corrected chi connectivity index (χ2v) is 7.00. The van der Waals surface area contributed by atoms with Gasteiger partial charge in [-0.05, 0) is 56.2 Å². The van der Waals surface area contributed by atoms with Crippen LogP contribution in [-0.2, 0) is 4.79 Å². The van der Waals surface area contributed by atoms with Gasteiger partial charge in [0.2, 0.25) is 5.91 Å². The monoisotopic (exact) mass is 356 g/mol. The van der Waals surface area contributed by atoms with E-state index >= 15 is 0 Å². The van der Waals surface area contributed by atoms with E-state index in [0.717, 1.165) is 35.1 Å². The third-order valence-corrected chi connectivity index (χ3v) is 5.14. The molecule has 0 saturated carbocycles. The lowest BCUT2D eigenvalue weighted by atomic mass is 10.2. The van der Waals surface area contributed by atoms with Gasteiger partial charge in [0, 0.05) is 18.0 Å². The van der Waals surface area contributed by atoms with E-state index in [0.29, 0.717) is 12.4 Å². The van der Waals surface area contributed by atoms with Crippen molar-refractivity contribution in [2.24, 2.45) is 0 Å². The fourth-order valence-corrected chi connectivity index (χ4v) is 3.65. The van der Waals surface area contributed by atoms with E-state index in [4.69, 9.17) is 4.74 Å². The fourth-order valence-electron chi connectivity index (χ4n) is 2.95. The Morgan fingerprint density at radius 1 is 1.12 bits per heavy atom. The highest BCUT2D eigenvalue weighted by molar-refractivity contribution is 8.00. The molecular weight excluding hydrogens is 332 g/mol. The van der Waals surface area contributed by atoms with E-state index in [-0.39, 0.29) is 5.91 Å². The summed E-state index contributed by atoms with van der Waals surface area (Å²) in [4.78, 5) is 15.8. The molecule has 2 aromatic carbocycles. The molecule has 0 unspecified atom stereocenters. The molecule has 1 N–H and O–H groups in total. The Morgan fingerprint density at radius 2 is 1.84 bits per heavy atom. The molecule has 1 aliphatic rings. The molecule has 1 heterocycles. The van der Waals surface area contributed by atoms with Crippen molar-refractivity contribution < 1.29 is 9.53 Å². The second-order valence-electron chi connectivity index (χ2n) is 5.95. The Hall–Kier alpha value is -2.14. The highest BCUT2D eigenvalue weighted by Crippen LogP contribution is 2.29. The van der Waals surface area contributed by atoms with E-state index in [1.54, 1.807) is 0 Å². The number of nitrogens with zero attached hydrogens (tertiary/aromatic N) is 1. The molecule has 0 spiro atoms. The number of hydrogen-bond donors (Lipinski definition) is 1. The molecule has 3 rings (SSSR count). The van der Waals surface area contributed by atoms with Gasteiger partial charge in [-0.1, -0.05) is 12.1 Å². The lowest BCUT2D eigenvalue weighted by molar-refractivity contribution is -0.113. The van der Waals surface area contributed by atoms with Crippen molar-refractivity contribution in [2.45, 2.75) is 24.7 Å². The SMILES string of the molecule is CCOc1ccc(SCC(=O)Nc2ccccc2N2CCCC2)cc1. The number of benzene rings is 2. The Bertz CT molecular complexity index is 697. The maximum Gasteiger partial charge on any atom is 0.234 e. The van der Waals surface area contributed by atoms with Gasteiger partial charge >= 0.3 is 0 Å². The van der Waals surface area contributed by atoms with Gasteiger partial charge in [0.15, 0.2) is 0 Å². The Kier molecular flexibility index (Phi) is 6.23. The third kappa shape index (κ3) is 4.92. The number of carbonyl (C=O) groups excluding carboxylic acids is 1. The van der Waals surface area contributed by atoms with Gasteiger partial charge in [-0.25, -0.2) is 0 Å². The van der Waals surface area contributed by atoms with Crippen LogP contribution >= 0.6 is 11.8 Å². The molecule has 0 atom stereocenters. The summed E-state index contributed by atoms with van der Waals surface area (Å²) in [5, 5.41) is 3.06. The predicted octanol–water partition coefficient (Wildman–Crippen LogP) is 4.42. The Balaban J connectivity index is 1.56. The number of carbonyl (C=O) groups is 1. The van der Waals surface area contributed by atoms with Crippen LogP contribution in [0.1, 0.15) is 19.8 Å². The molecule has 132 valence electrons. The van der Waals surface area contributed by atoms with E-state index < -0.39 is 0 Å². The van der Waals surface area contributed by atoms with Gasteiger partial charge < -0.3 is 15.0 Å². The molecule has 0 bridgehead atoms. The molecular formula is C20H24N2O2S. The van der Waals surface area contributed by atoms with Crippen molar-refractivity contribution in [3.8, 4) is 5.75 Å². The summed E-state index contributed by atoms with van der Waals surface area (Å²) in [6.45, 7) is 4.75. The van der Waals surface area contributed by atoms with Gasteiger partial charge in [-0.15, -0.1) is 11.8 Å². The normalized spacial score (nSPS) is 13.7. The van der Waals surface area contributed by atoms with E-state index in [2.05, 4.69) is 16.3 Å². The van der Waals surface area contributed by atoms with Crippen molar-refractivity contribution in [3.05, 3.63) is 48.5 Å². The maximum absolute atomic E-state index is 12.3. The number of anilines is 2. The zero-order valence-corrected chi connectivity index (χ0v) is 15.3. The molecule has 4 nitrogen and oxygen atoms in total. The Labute approximate surface area is 153 Å². The number of hydrogen-bond acceptors (Lipinski definition) is 4. The molecule has 0 aliphatic carbocycles. The van der Waals surface area contributed by atoms with Crippen LogP contribution < -0.4 is 15.0 Å². The van der Waals surface area contributed by atoms with Crippen molar-refractivity contribution >= 4 is 29.0 Å². The van der Waals surface area contributed by atoms with Crippen LogP contribution in [0.5, 0.6) is 5.75 Å². The molecule has 0 radical (unpaired) electrons. The highest BCUT2D eigenvalue weighted by Gasteiger charge is 2.16. The number of amides is 1. The molecule has 1 saturated heterocycles. The van der Waals surface area contributed by atoms with Gasteiger partial charge in [-0.3, -0.25) is 4.79 Å². The first kappa shape index (κ1) is 17.7. The van der Waals surface area contributed by atoms with Crippen LogP contribution in [0.2, 0.25) is 0 Å². The van der Waals surface area contributed by atoms with Crippen LogP contribution in [-0.4, -0.2) is 31.4 Å². The first-order valence-electron chi connectivity index (χ1n) is 8.76. The molecule has 5 heteroatoms. The van der Waals surface area contributed by atoms with Gasteiger partial charge in [-0.2, -0.15) is 0 Å². The van der Waals surface area contributed by atoms with E-state index in [1.807, 2.05) is 49.4 Å². The minimum Gasteiger partial charge on any atom is -0.494 e. The van der Waals surface area contributed by atoms with Crippen molar-refractivity contribution in [1.29, 1.82) is 0 Å². The summed E-state index contributed by atoms with van der Waals surface area (Å²) < 4.78 is 5.43. The molecule has 25 heavy (non-hydrogen) atoms. The van der Waals surface area contributed by atoms with Crippen LogP contribution in [0, 0.1) is 0 Å². The first-order valence-corrected chi connectivity index (χ1v) is 9.74. The lowest BCUT2D eigenvalue weighted by Crippen LogP contribution is -2.21. The maximum atomic E-state index is 12.3. The lowest BCUT2D eigenvalue weighted by Gasteiger charge is -2.21. The standard InChI is InChI=1S/C20H24N2O2S/c1-2-24-16-9-11-17(12-10-16)25-15-20(23)21-18-7-3-4-8-19(18)22-13-5-6-14-22/h3-4,7-12H,2,5-6,13-15H2,1H3,(H,21,23). The molecule has 1 fully saturated rings. The van der Waals surface area contributed by atoms with Gasteiger partial charge in [0.05, 0.1) is 23.7 Å². The van der Waals surface area contributed by atoms with Crippen LogP contribution in [0.3, 0.4) is 0 Å². The van der Waals surface area contributed by atoms with Gasteiger partial charge in [0.25, 0.3) is 0 Å². The molecule has 0 aromatic heterocycles. The largest absolute Gasteiger partial charge is 0.494 e. The summed E-state index contributed by atoms with van der Waals surface area (Å²) in [5.74, 6) is 1.27. The summed E-state index contributed by atoms with van der Waals surface area (Å²) in [6.07, 6.45) is 2.44. The number of nitrogens with one attached hydrogen (secondary N) is 1. The number of rotatable bonds is 7. The summed E-state index contributed by atoms with van der Waals surface area (Å²) in [6, 6.07) is 15.9. The minimum absolute atomic E-state index is 0.0190. The second kappa shape index (κ2) is 8.81. The van der Waals surface area contributed by atoms with Gasteiger partial charge in [0.1, 0.15) is 5.75 Å². The van der Waals surface area contributed by atoms with Crippen LogP contribution in [0.25, 0.3) is 0 Å². The quantitative estimate of drug-likeness (QED) is 0.746. The van der Waals surface area contributed by atoms with Crippen LogP contribution in [0.15, 0.2) is 53.4 Å². The Morgan fingerprint density at radius 3 is 2.56 bits per heavy atom. The summed E-state index contributed by atoms with van der Waals surface area (Å²) in [7, 11) is 0. The molecule has 1 aliphatic heterocycles. The smallest absolute Gasteiger partial charge is 0.234 e. The highest BCUT2D eigenvalue weighted by atomic mass is 32.2. The average Bonchev–Trinajstić information content (AvgIpc) is 3.16. The fraction of sp³-hybridized carbons (Fsp3) is 0.350. The summed E-state index contributed by atoms with van der Waals surface area (Å²) >= 11 is 1.53. The van der Waals surface area contributed by atoms with Crippen molar-refractivity contribution in [3.63, 3.8) is 0 Å². The molecule has 2 aromatic rings.